The maximum Gasteiger partial charge on any atom is 0.265 e. The van der Waals surface area contributed by atoms with E-state index < -0.39 is 23.2 Å². The second-order valence-electron chi connectivity index (χ2n) is 4.18. The van der Waals surface area contributed by atoms with Crippen molar-refractivity contribution in [3.05, 3.63) is 0 Å². The van der Waals surface area contributed by atoms with E-state index in [-0.39, 0.29) is 12.4 Å². The molecule has 1 atom stereocenters. The van der Waals surface area contributed by atoms with Gasteiger partial charge in [0.25, 0.3) is 10.1 Å². The van der Waals surface area contributed by atoms with Crippen LogP contribution in [-0.4, -0.2) is 54.1 Å². The van der Waals surface area contributed by atoms with Crippen molar-refractivity contribution in [3.63, 3.8) is 0 Å². The summed E-state index contributed by atoms with van der Waals surface area (Å²) >= 11 is 0. The Kier molecular flexibility index (Phi) is 4.94. The zero-order valence-electron chi connectivity index (χ0n) is 9.08. The third-order valence-electron chi connectivity index (χ3n) is 2.57. The average molecular weight is 271 g/mol. The minimum Gasteiger partial charge on any atom is -0.343 e. The summed E-state index contributed by atoms with van der Waals surface area (Å²) in [4.78, 5) is 11.5. The van der Waals surface area contributed by atoms with Crippen LogP contribution in [0.2, 0.25) is 0 Å². The molecule has 2 N–H and O–H groups in total. The maximum absolute atomic E-state index is 11.7. The smallest absolute Gasteiger partial charge is 0.265 e. The van der Waals surface area contributed by atoms with Crippen molar-refractivity contribution in [1.29, 1.82) is 0 Å². The molecule has 6 nitrogen and oxygen atoms in total. The second-order valence-corrected chi connectivity index (χ2v) is 8.17. The normalized spacial score (nSPS) is 22.9. The molecule has 0 aromatic carbocycles. The van der Waals surface area contributed by atoms with Crippen molar-refractivity contribution in [2.75, 3.05) is 31.3 Å². The van der Waals surface area contributed by atoms with Gasteiger partial charge >= 0.3 is 0 Å². The van der Waals surface area contributed by atoms with Crippen molar-refractivity contribution in [3.8, 4) is 0 Å². The van der Waals surface area contributed by atoms with E-state index in [9.17, 15) is 17.9 Å². The fourth-order valence-corrected chi connectivity index (χ4v) is 4.86. The van der Waals surface area contributed by atoms with E-state index in [0.29, 0.717) is 0 Å². The fourth-order valence-electron chi connectivity index (χ4n) is 1.74. The number of nitrogens with zero attached hydrogens (tertiary/aromatic N) is 1. The van der Waals surface area contributed by atoms with Crippen LogP contribution in [0, 0.1) is 0 Å². The molecule has 1 aliphatic heterocycles. The first kappa shape index (κ1) is 14.1. The maximum atomic E-state index is 11.7. The summed E-state index contributed by atoms with van der Waals surface area (Å²) in [6.45, 7) is 1.58. The Labute approximate surface area is 95.8 Å². The Morgan fingerprint density at radius 2 is 1.75 bits per heavy atom. The molecule has 0 bridgehead atoms. The van der Waals surface area contributed by atoms with Crippen LogP contribution in [0.25, 0.3) is 0 Å². The lowest BCUT2D eigenvalue weighted by Crippen LogP contribution is -2.31. The van der Waals surface area contributed by atoms with Crippen molar-refractivity contribution in [2.45, 2.75) is 19.3 Å². The highest BCUT2D eigenvalue weighted by atomic mass is 32.2. The standard InChI is InChI=1S/C8H18NO5PS/c10-15(11,6-7-16(12,13)14)8-9-4-2-1-3-5-9/h1-8H2,(H,10,11)(H,12,13,14). The van der Waals surface area contributed by atoms with Crippen molar-refractivity contribution >= 4 is 17.5 Å². The van der Waals surface area contributed by atoms with Gasteiger partial charge in [-0.15, -0.1) is 0 Å². The van der Waals surface area contributed by atoms with Gasteiger partial charge in [-0.05, 0) is 25.9 Å². The molecule has 0 radical (unpaired) electrons. The molecule has 0 aliphatic carbocycles. The minimum atomic E-state index is -4.15. The number of likely N-dealkylation sites (tertiary alicyclic amines) is 1. The molecule has 96 valence electrons. The summed E-state index contributed by atoms with van der Waals surface area (Å²) in [6, 6.07) is 0. The first-order valence-electron chi connectivity index (χ1n) is 5.27. The molecule has 0 aromatic rings. The Balaban J connectivity index is 2.41. The van der Waals surface area contributed by atoms with Crippen LogP contribution < -0.4 is 0 Å². The molecule has 1 unspecified atom stereocenters. The minimum absolute atomic E-state index is 0.0303. The average Bonchev–Trinajstić information content (AvgIpc) is 2.15. The molecule has 0 spiro atoms. The lowest BCUT2D eigenvalue weighted by molar-refractivity contribution is 0.253. The van der Waals surface area contributed by atoms with Crippen LogP contribution in [0.4, 0.5) is 0 Å². The van der Waals surface area contributed by atoms with E-state index in [1.807, 2.05) is 4.90 Å². The van der Waals surface area contributed by atoms with Crippen LogP contribution in [0.15, 0.2) is 0 Å². The Morgan fingerprint density at radius 3 is 2.25 bits per heavy atom. The SMILES string of the molecule is O=P(O)(CCS(=O)(=O)O)CN1CCCCC1. The third kappa shape index (κ3) is 5.96. The summed E-state index contributed by atoms with van der Waals surface area (Å²) in [5.41, 5.74) is 0. The van der Waals surface area contributed by atoms with Crippen molar-refractivity contribution in [2.24, 2.45) is 0 Å². The summed E-state index contributed by atoms with van der Waals surface area (Å²) in [6.07, 6.45) is 2.82. The van der Waals surface area contributed by atoms with Crippen LogP contribution >= 0.6 is 7.37 Å². The molecule has 1 rings (SSSR count). The number of hydrogen-bond acceptors (Lipinski definition) is 4. The molecule has 1 heterocycles. The van der Waals surface area contributed by atoms with Gasteiger partial charge in [0.05, 0.1) is 12.0 Å². The topological polar surface area (TPSA) is 94.9 Å². The quantitative estimate of drug-likeness (QED) is 0.561. The summed E-state index contributed by atoms with van der Waals surface area (Å²) in [7, 11) is -7.62. The molecule has 1 aliphatic rings. The predicted molar refractivity (Wildman–Crippen MR) is 61.4 cm³/mol. The molecular weight excluding hydrogens is 253 g/mol. The molecule has 0 saturated carbocycles. The van der Waals surface area contributed by atoms with Crippen LogP contribution in [0.3, 0.4) is 0 Å². The Hall–Kier alpha value is 0.0600. The third-order valence-corrected chi connectivity index (χ3v) is 5.36. The van der Waals surface area contributed by atoms with Gasteiger partial charge in [-0.3, -0.25) is 14.0 Å². The molecule has 1 fully saturated rings. The van der Waals surface area contributed by atoms with Gasteiger partial charge in [-0.1, -0.05) is 6.42 Å². The lowest BCUT2D eigenvalue weighted by Gasteiger charge is -2.28. The molecular formula is C8H18NO5PS. The molecule has 16 heavy (non-hydrogen) atoms. The van der Waals surface area contributed by atoms with Gasteiger partial charge in [0.2, 0.25) is 7.37 Å². The van der Waals surface area contributed by atoms with E-state index in [1.54, 1.807) is 0 Å². The highest BCUT2D eigenvalue weighted by Gasteiger charge is 2.25. The van der Waals surface area contributed by atoms with E-state index in [4.69, 9.17) is 4.55 Å². The fraction of sp³-hybridized carbons (Fsp3) is 1.00. The molecule has 0 amide bonds. The number of piperidine rings is 1. The molecule has 0 aromatic heterocycles. The number of rotatable bonds is 5. The number of hydrogen-bond donors (Lipinski definition) is 2. The molecule has 1 saturated heterocycles. The van der Waals surface area contributed by atoms with E-state index in [0.717, 1.165) is 32.4 Å². The van der Waals surface area contributed by atoms with Gasteiger partial charge in [-0.25, -0.2) is 0 Å². The van der Waals surface area contributed by atoms with Gasteiger partial charge in [-0.2, -0.15) is 8.42 Å². The largest absolute Gasteiger partial charge is 0.343 e. The predicted octanol–water partition coefficient (Wildman–Crippen LogP) is 0.588. The van der Waals surface area contributed by atoms with Gasteiger partial charge in [0.15, 0.2) is 0 Å². The van der Waals surface area contributed by atoms with Crippen LogP contribution in [0.5, 0.6) is 0 Å². The monoisotopic (exact) mass is 271 g/mol. The first-order valence-corrected chi connectivity index (χ1v) is 8.91. The Morgan fingerprint density at radius 1 is 1.19 bits per heavy atom. The molecule has 8 heteroatoms. The summed E-state index contributed by atoms with van der Waals surface area (Å²) in [5.74, 6) is -0.644. The second kappa shape index (κ2) is 5.60. The highest BCUT2D eigenvalue weighted by Crippen LogP contribution is 2.41. The van der Waals surface area contributed by atoms with E-state index in [2.05, 4.69) is 0 Å². The van der Waals surface area contributed by atoms with Gasteiger partial charge in [0, 0.05) is 6.16 Å². The van der Waals surface area contributed by atoms with E-state index >= 15 is 0 Å². The van der Waals surface area contributed by atoms with Crippen molar-refractivity contribution < 1.29 is 22.4 Å². The van der Waals surface area contributed by atoms with Gasteiger partial charge in [0.1, 0.15) is 0 Å². The van der Waals surface area contributed by atoms with Crippen LogP contribution in [0.1, 0.15) is 19.3 Å². The van der Waals surface area contributed by atoms with E-state index in [1.165, 1.54) is 0 Å². The first-order chi connectivity index (χ1) is 7.29. The van der Waals surface area contributed by atoms with Gasteiger partial charge < -0.3 is 4.89 Å². The zero-order chi connectivity index (χ0) is 12.2. The summed E-state index contributed by atoms with van der Waals surface area (Å²) in [5, 5.41) is 0. The van der Waals surface area contributed by atoms with Crippen molar-refractivity contribution in [1.82, 2.24) is 4.90 Å². The highest BCUT2D eigenvalue weighted by molar-refractivity contribution is 7.86. The zero-order valence-corrected chi connectivity index (χ0v) is 10.8. The summed E-state index contributed by atoms with van der Waals surface area (Å²) < 4.78 is 41.1. The van der Waals surface area contributed by atoms with Crippen LogP contribution in [-0.2, 0) is 14.7 Å². The lowest BCUT2D eigenvalue weighted by atomic mass is 10.1. The Bertz CT molecular complexity index is 363.